The second-order valence-corrected chi connectivity index (χ2v) is 3.57. The summed E-state index contributed by atoms with van der Waals surface area (Å²) >= 11 is 0. The van der Waals surface area contributed by atoms with Gasteiger partial charge in [0.2, 0.25) is 0 Å². The molecule has 0 spiro atoms. The Hall–Kier alpha value is -1.84. The van der Waals surface area contributed by atoms with Crippen LogP contribution in [0.1, 0.15) is 11.4 Å². The Morgan fingerprint density at radius 1 is 1.33 bits per heavy atom. The summed E-state index contributed by atoms with van der Waals surface area (Å²) in [5, 5.41) is 3.76. The number of aryl methyl sites for hydroxylation is 1. The largest absolute Gasteiger partial charge is 0.493 e. The van der Waals surface area contributed by atoms with Gasteiger partial charge in [0.25, 0.3) is 5.89 Å². The summed E-state index contributed by atoms with van der Waals surface area (Å²) in [7, 11) is 0. The molecule has 0 saturated carbocycles. The van der Waals surface area contributed by atoms with Crippen molar-refractivity contribution in [1.82, 2.24) is 10.1 Å². The van der Waals surface area contributed by atoms with Crippen LogP contribution in [0.25, 0.3) is 11.5 Å². The fourth-order valence-electron chi connectivity index (χ4n) is 1.71. The third kappa shape index (κ3) is 1.38. The molecule has 1 aliphatic heterocycles. The van der Waals surface area contributed by atoms with Crippen molar-refractivity contribution in [2.45, 2.75) is 13.3 Å². The normalized spacial score (nSPS) is 13.7. The Bertz CT molecular complexity index is 505. The Morgan fingerprint density at radius 2 is 2.27 bits per heavy atom. The lowest BCUT2D eigenvalue weighted by molar-refractivity contribution is 0.356. The van der Waals surface area contributed by atoms with Gasteiger partial charge in [-0.2, -0.15) is 4.98 Å². The highest BCUT2D eigenvalue weighted by Crippen LogP contribution is 2.30. The van der Waals surface area contributed by atoms with Gasteiger partial charge in [-0.15, -0.1) is 0 Å². The monoisotopic (exact) mass is 202 g/mol. The van der Waals surface area contributed by atoms with Crippen LogP contribution in [0.15, 0.2) is 22.7 Å². The van der Waals surface area contributed by atoms with Gasteiger partial charge in [0.05, 0.1) is 6.61 Å². The fraction of sp³-hybridized carbons (Fsp3) is 0.273. The van der Waals surface area contributed by atoms with Crippen molar-refractivity contribution in [3.8, 4) is 17.2 Å². The molecule has 1 aliphatic rings. The number of fused-ring (bicyclic) bond motifs is 1. The molecule has 0 saturated heterocycles. The van der Waals surface area contributed by atoms with Gasteiger partial charge in [0.1, 0.15) is 5.75 Å². The van der Waals surface area contributed by atoms with Gasteiger partial charge in [-0.05, 0) is 24.6 Å². The van der Waals surface area contributed by atoms with Crippen molar-refractivity contribution in [1.29, 1.82) is 0 Å². The zero-order chi connectivity index (χ0) is 10.3. The molecule has 3 rings (SSSR count). The molecule has 0 N–H and O–H groups in total. The number of hydrogen-bond acceptors (Lipinski definition) is 4. The molecule has 0 amide bonds. The average Bonchev–Trinajstić information content (AvgIpc) is 2.84. The first-order chi connectivity index (χ1) is 7.33. The van der Waals surface area contributed by atoms with Crippen LogP contribution in [0.4, 0.5) is 0 Å². The topological polar surface area (TPSA) is 48.2 Å². The molecule has 76 valence electrons. The van der Waals surface area contributed by atoms with Gasteiger partial charge >= 0.3 is 0 Å². The molecule has 0 fully saturated rings. The summed E-state index contributed by atoms with van der Waals surface area (Å²) in [5.41, 5.74) is 2.16. The Kier molecular flexibility index (Phi) is 1.74. The van der Waals surface area contributed by atoms with Crippen molar-refractivity contribution in [3.05, 3.63) is 29.6 Å². The number of hydrogen-bond donors (Lipinski definition) is 0. The number of aromatic nitrogens is 2. The lowest BCUT2D eigenvalue weighted by Crippen LogP contribution is -1.86. The van der Waals surface area contributed by atoms with Crippen LogP contribution >= 0.6 is 0 Å². The first kappa shape index (κ1) is 8.47. The molecular formula is C11H10N2O2. The minimum absolute atomic E-state index is 0.547. The first-order valence-electron chi connectivity index (χ1n) is 4.89. The minimum atomic E-state index is 0.547. The van der Waals surface area contributed by atoms with Gasteiger partial charge in [0, 0.05) is 12.0 Å². The Labute approximate surface area is 86.9 Å². The van der Waals surface area contributed by atoms with E-state index in [0.717, 1.165) is 24.3 Å². The molecule has 1 aromatic heterocycles. The van der Waals surface area contributed by atoms with Gasteiger partial charge < -0.3 is 9.26 Å². The number of rotatable bonds is 1. The number of benzene rings is 1. The average molecular weight is 202 g/mol. The summed E-state index contributed by atoms with van der Waals surface area (Å²) in [6.07, 6.45) is 0.985. The van der Waals surface area contributed by atoms with Crippen molar-refractivity contribution in [2.75, 3.05) is 6.61 Å². The summed E-state index contributed by atoms with van der Waals surface area (Å²) in [6.45, 7) is 2.57. The molecule has 0 unspecified atom stereocenters. The molecule has 15 heavy (non-hydrogen) atoms. The van der Waals surface area contributed by atoms with Crippen LogP contribution in [0.2, 0.25) is 0 Å². The van der Waals surface area contributed by atoms with Crippen molar-refractivity contribution < 1.29 is 9.26 Å². The molecule has 2 aromatic rings. The van der Waals surface area contributed by atoms with E-state index in [1.807, 2.05) is 12.1 Å². The van der Waals surface area contributed by atoms with Crippen molar-refractivity contribution in [2.24, 2.45) is 0 Å². The Balaban J connectivity index is 2.06. The highest BCUT2D eigenvalue weighted by molar-refractivity contribution is 5.58. The maximum Gasteiger partial charge on any atom is 0.258 e. The third-order valence-electron chi connectivity index (χ3n) is 2.47. The van der Waals surface area contributed by atoms with Crippen LogP contribution < -0.4 is 4.74 Å². The van der Waals surface area contributed by atoms with Crippen LogP contribution in [-0.4, -0.2) is 16.7 Å². The molecule has 0 bridgehead atoms. The number of nitrogens with zero attached hydrogens (tertiary/aromatic N) is 2. The van der Waals surface area contributed by atoms with Gasteiger partial charge in [-0.1, -0.05) is 11.2 Å². The van der Waals surface area contributed by atoms with E-state index in [2.05, 4.69) is 16.2 Å². The number of ether oxygens (including phenoxy) is 1. The van der Waals surface area contributed by atoms with Gasteiger partial charge in [-0.3, -0.25) is 0 Å². The molecule has 4 nitrogen and oxygen atoms in total. The zero-order valence-electron chi connectivity index (χ0n) is 8.36. The van der Waals surface area contributed by atoms with Gasteiger partial charge in [0.15, 0.2) is 5.82 Å². The van der Waals surface area contributed by atoms with E-state index in [9.17, 15) is 0 Å². The second-order valence-electron chi connectivity index (χ2n) is 3.57. The van der Waals surface area contributed by atoms with Crippen LogP contribution in [0, 0.1) is 6.92 Å². The van der Waals surface area contributed by atoms with E-state index in [-0.39, 0.29) is 0 Å². The minimum Gasteiger partial charge on any atom is -0.493 e. The lowest BCUT2D eigenvalue weighted by atomic mass is 10.1. The second kappa shape index (κ2) is 3.08. The standard InChI is InChI=1S/C11H10N2O2/c1-7-12-11(15-13-7)9-3-2-8-4-5-14-10(8)6-9/h2-3,6H,4-5H2,1H3. The lowest BCUT2D eigenvalue weighted by Gasteiger charge is -1.99. The SMILES string of the molecule is Cc1noc(-c2ccc3c(c2)OCC3)n1. The molecule has 2 heterocycles. The highest BCUT2D eigenvalue weighted by atomic mass is 16.5. The molecule has 4 heteroatoms. The summed E-state index contributed by atoms with van der Waals surface area (Å²) in [5.74, 6) is 2.13. The molecule has 1 aromatic carbocycles. The zero-order valence-corrected chi connectivity index (χ0v) is 8.36. The predicted molar refractivity (Wildman–Crippen MR) is 53.7 cm³/mol. The molecule has 0 atom stereocenters. The predicted octanol–water partition coefficient (Wildman–Crippen LogP) is 1.98. The van der Waals surface area contributed by atoms with Crippen LogP contribution in [0.3, 0.4) is 0 Å². The fourth-order valence-corrected chi connectivity index (χ4v) is 1.71. The first-order valence-corrected chi connectivity index (χ1v) is 4.89. The summed E-state index contributed by atoms with van der Waals surface area (Å²) in [4.78, 5) is 4.17. The molecule has 0 aliphatic carbocycles. The summed E-state index contributed by atoms with van der Waals surface area (Å²) in [6, 6.07) is 5.99. The Morgan fingerprint density at radius 3 is 3.07 bits per heavy atom. The van der Waals surface area contributed by atoms with Gasteiger partial charge in [-0.25, -0.2) is 0 Å². The highest BCUT2D eigenvalue weighted by Gasteiger charge is 2.14. The summed E-state index contributed by atoms with van der Waals surface area (Å²) < 4.78 is 10.6. The van der Waals surface area contributed by atoms with E-state index in [0.29, 0.717) is 11.7 Å². The van der Waals surface area contributed by atoms with E-state index in [1.165, 1.54) is 5.56 Å². The molecule has 0 radical (unpaired) electrons. The van der Waals surface area contributed by atoms with E-state index >= 15 is 0 Å². The van der Waals surface area contributed by atoms with Crippen LogP contribution in [-0.2, 0) is 6.42 Å². The third-order valence-corrected chi connectivity index (χ3v) is 2.47. The molecular weight excluding hydrogens is 192 g/mol. The maximum atomic E-state index is 5.48. The maximum absolute atomic E-state index is 5.48. The van der Waals surface area contributed by atoms with Crippen molar-refractivity contribution in [3.63, 3.8) is 0 Å². The van der Waals surface area contributed by atoms with Crippen molar-refractivity contribution >= 4 is 0 Å². The van der Waals surface area contributed by atoms with E-state index in [1.54, 1.807) is 6.92 Å². The smallest absolute Gasteiger partial charge is 0.258 e. The van der Waals surface area contributed by atoms with E-state index in [4.69, 9.17) is 9.26 Å². The quantitative estimate of drug-likeness (QED) is 0.709. The van der Waals surface area contributed by atoms with E-state index < -0.39 is 0 Å². The van der Waals surface area contributed by atoms with Crippen LogP contribution in [0.5, 0.6) is 5.75 Å².